The van der Waals surface area contributed by atoms with E-state index in [0.717, 1.165) is 101 Å². The number of hydrazine groups is 2. The number of hydrazone groups is 2. The first-order chi connectivity index (χ1) is 33.2. The molecule has 0 aromatic heterocycles. The average Bonchev–Trinajstić information content (AvgIpc) is 3.32. The molecule has 4 aromatic carbocycles. The van der Waals surface area contributed by atoms with Gasteiger partial charge in [-0.3, -0.25) is 32.3 Å². The summed E-state index contributed by atoms with van der Waals surface area (Å²) in [5.74, 6) is 5.39. The lowest BCUT2D eigenvalue weighted by atomic mass is 9.03. The number of nitrogen functional groups attached to an aromatic ring is 1. The van der Waals surface area contributed by atoms with Crippen LogP contribution in [0.15, 0.2) is 58.7 Å². The van der Waals surface area contributed by atoms with Crippen molar-refractivity contribution in [3.8, 4) is 0 Å². The molecule has 0 aliphatic heterocycles. The number of benzene rings is 4. The highest BCUT2D eigenvalue weighted by molar-refractivity contribution is 7.52. The van der Waals surface area contributed by atoms with Gasteiger partial charge in [0.05, 0.1) is 48.7 Å². The van der Waals surface area contributed by atoms with Gasteiger partial charge in [0.15, 0.2) is 0 Å². The van der Waals surface area contributed by atoms with Crippen LogP contribution in [-0.2, 0) is 14.4 Å². The normalized spacial score (nSPS) is 9.41. The van der Waals surface area contributed by atoms with Crippen LogP contribution >= 0.6 is 0 Å². The maximum atomic E-state index is 10.8. The molecule has 0 heterocycles. The van der Waals surface area contributed by atoms with E-state index in [1.165, 1.54) is 55.9 Å². The number of ketones is 1. The predicted octanol–water partition coefficient (Wildman–Crippen LogP) is 0.594. The lowest BCUT2D eigenvalue weighted by molar-refractivity contribution is -0.118. The molecule has 0 aliphatic rings. The Bertz CT molecular complexity index is 2340. The summed E-state index contributed by atoms with van der Waals surface area (Å²) in [5, 5.41) is 8.19. The number of aldehydes is 1. The number of Topliss-reactive ketones (excluding diaryl/α,β-unsaturated/α-hetero) is 1. The number of amides is 1. The highest BCUT2D eigenvalue weighted by atomic mass is 16.2. The van der Waals surface area contributed by atoms with Gasteiger partial charge in [0.25, 0.3) is 0 Å². The zero-order valence-corrected chi connectivity index (χ0v) is 44.7. The second-order valence-corrected chi connectivity index (χ2v) is 16.7. The molecule has 0 bridgehead atoms. The molecule has 1 amide bonds. The quantitative estimate of drug-likeness (QED) is 0.0333. The van der Waals surface area contributed by atoms with Gasteiger partial charge in [-0.05, 0) is 143 Å². The third-order valence-corrected chi connectivity index (χ3v) is 9.96. The van der Waals surface area contributed by atoms with Crippen LogP contribution in [0.2, 0.25) is 0 Å². The van der Waals surface area contributed by atoms with Gasteiger partial charge >= 0.3 is 0 Å². The van der Waals surface area contributed by atoms with Gasteiger partial charge < -0.3 is 15.0 Å². The Morgan fingerprint density at radius 1 is 0.521 bits per heavy atom. The fraction of sp³-hybridized carbons (Fsp3) is 0.341. The summed E-state index contributed by atoms with van der Waals surface area (Å²) in [7, 11) is 51.2. The van der Waals surface area contributed by atoms with E-state index >= 15 is 0 Å². The van der Waals surface area contributed by atoms with Gasteiger partial charge in [0.2, 0.25) is 5.91 Å². The van der Waals surface area contributed by atoms with Crippen molar-refractivity contribution in [1.82, 2.24) is 5.43 Å². The molecule has 11 nitrogen and oxygen atoms in total. The van der Waals surface area contributed by atoms with Crippen molar-refractivity contribution in [3.63, 3.8) is 0 Å². The van der Waals surface area contributed by atoms with Gasteiger partial charge in [-0.25, -0.2) is 0 Å². The molecule has 0 saturated carbocycles. The van der Waals surface area contributed by atoms with Crippen LogP contribution < -0.4 is 54.8 Å². The highest BCUT2D eigenvalue weighted by Crippen LogP contribution is 2.18. The highest BCUT2D eigenvalue weighted by Gasteiger charge is 2.14. The minimum Gasteiger partial charge on any atom is -0.324 e. The third kappa shape index (κ3) is 26.5. The number of carbonyl (C=O) groups is 3. The minimum absolute atomic E-state index is 0.141. The van der Waals surface area contributed by atoms with E-state index in [2.05, 4.69) is 37.3 Å². The Morgan fingerprint density at radius 3 is 1.08 bits per heavy atom. The van der Waals surface area contributed by atoms with E-state index < -0.39 is 0 Å². The number of rotatable bonds is 15. The molecule has 20 radical (unpaired) electrons. The largest absolute Gasteiger partial charge is 0.324 e. The first-order valence-corrected chi connectivity index (χ1v) is 22.8. The van der Waals surface area contributed by atoms with Gasteiger partial charge in [-0.15, -0.1) is 0 Å². The zero-order chi connectivity index (χ0) is 55.1. The molecule has 0 spiro atoms. The second kappa shape index (κ2) is 37.0. The smallest absolute Gasteiger partial charge is 0.235 e. The van der Waals surface area contributed by atoms with Crippen molar-refractivity contribution in [2.75, 3.05) is 21.7 Å². The molecule has 0 atom stereocenters. The van der Waals surface area contributed by atoms with E-state index in [0.29, 0.717) is 0 Å². The van der Waals surface area contributed by atoms with Crippen molar-refractivity contribution < 1.29 is 14.4 Å². The molecular weight excluding hydrogens is 862 g/mol. The van der Waals surface area contributed by atoms with Crippen LogP contribution in [0.3, 0.4) is 0 Å². The van der Waals surface area contributed by atoms with Crippen LogP contribution in [0.25, 0.3) is 0 Å². The summed E-state index contributed by atoms with van der Waals surface area (Å²) in [6, 6.07) is 16.0. The molecule has 27 heteroatoms. The summed E-state index contributed by atoms with van der Waals surface area (Å²) in [4.78, 5) is 29.1. The number of aryl methyl sites for hydroxylation is 8. The molecule has 7 N–H and O–H groups in total. The lowest BCUT2D eigenvalue weighted by Gasteiger charge is -2.16. The SMILES string of the molecule is CC(C)=O.CC=O.[B][B]B([B])c1cc(C)c(NN)cc1C.[B][B]B([B])c1cc(C)c(NN=C(C)C)cc1C.[B][B]B([B])c1cc(C)c(NN=CC)cc1C.[B][B]B([B])c1cc(C)c(NNC(C)=O)cc1C. The maximum absolute atomic E-state index is 10.8. The predicted molar refractivity (Wildman–Crippen MR) is 328 cm³/mol. The van der Waals surface area contributed by atoms with E-state index in [1.54, 1.807) is 6.21 Å². The Morgan fingerprint density at radius 2 is 0.803 bits per heavy atom. The average molecular weight is 924 g/mol. The molecule has 0 aliphatic carbocycles. The van der Waals surface area contributed by atoms with Crippen molar-refractivity contribution in [3.05, 3.63) is 93.0 Å². The molecule has 4 rings (SSSR count). The minimum atomic E-state index is -0.275. The number of nitrogens with two attached hydrogens (primary N) is 1. The maximum Gasteiger partial charge on any atom is 0.235 e. The summed E-state index contributed by atoms with van der Waals surface area (Å²) in [6.07, 6.45) is 2.46. The molecule has 4 aromatic rings. The summed E-state index contributed by atoms with van der Waals surface area (Å²) in [5.41, 5.74) is 31.5. The van der Waals surface area contributed by atoms with E-state index in [4.69, 9.17) is 72.5 Å². The van der Waals surface area contributed by atoms with Crippen molar-refractivity contribution in [2.45, 2.75) is 104 Å². The molecule has 0 saturated heterocycles. The van der Waals surface area contributed by atoms with Crippen LogP contribution in [-0.4, -0.2) is 146 Å². The first kappa shape index (κ1) is 68.3. The summed E-state index contributed by atoms with van der Waals surface area (Å²) < 4.78 is 0. The van der Waals surface area contributed by atoms with E-state index in [9.17, 15) is 9.59 Å². The zero-order valence-electron chi connectivity index (χ0n) is 44.7. The third-order valence-electron chi connectivity index (χ3n) is 9.96. The number of nitrogens with one attached hydrogen (secondary N) is 5. The molecule has 71 heavy (non-hydrogen) atoms. The Labute approximate surface area is 442 Å². The molecule has 0 fully saturated rings. The Hall–Kier alpha value is -4.77. The number of hydrogen-bond acceptors (Lipinski definition) is 10. The van der Waals surface area contributed by atoms with E-state index in [-0.39, 0.29) is 37.7 Å². The number of anilines is 4. The van der Waals surface area contributed by atoms with Crippen LogP contribution in [0, 0.1) is 55.4 Å². The van der Waals surface area contributed by atoms with Gasteiger partial charge in [0.1, 0.15) is 12.1 Å². The number of hydrogen-bond donors (Lipinski definition) is 6. The molecule has 344 valence electrons. The van der Waals surface area contributed by atoms with Crippen LogP contribution in [0.1, 0.15) is 93.0 Å². The van der Waals surface area contributed by atoms with Gasteiger partial charge in [-0.2, -0.15) is 10.2 Å². The lowest BCUT2D eigenvalue weighted by Crippen LogP contribution is -2.40. The second-order valence-electron chi connectivity index (χ2n) is 16.7. The molecular formula is C44H62B16N8O3. The fourth-order valence-electron chi connectivity index (χ4n) is 6.20. The Kier molecular flexibility index (Phi) is 35.6. The van der Waals surface area contributed by atoms with Crippen molar-refractivity contribution in [1.29, 1.82) is 0 Å². The summed E-state index contributed by atoms with van der Waals surface area (Å²) >= 11 is 0. The van der Waals surface area contributed by atoms with Crippen LogP contribution in [0.4, 0.5) is 22.7 Å². The fourth-order valence-corrected chi connectivity index (χ4v) is 6.20. The van der Waals surface area contributed by atoms with Crippen molar-refractivity contribution in [2.24, 2.45) is 16.0 Å². The number of carbonyl (C=O) groups excluding carboxylic acids is 3. The number of nitrogens with zero attached hydrogens (tertiary/aromatic N) is 2. The topological polar surface area (TPSA) is 162 Å². The van der Waals surface area contributed by atoms with Gasteiger partial charge in [-0.1, -0.05) is 68.4 Å². The summed E-state index contributed by atoms with van der Waals surface area (Å²) in [6.45, 7) is 26.7. The molecule has 0 unspecified atom stereocenters. The van der Waals surface area contributed by atoms with Gasteiger partial charge in [0, 0.05) is 109 Å². The first-order valence-electron chi connectivity index (χ1n) is 22.8. The van der Waals surface area contributed by atoms with E-state index in [1.807, 2.05) is 125 Å². The van der Waals surface area contributed by atoms with Crippen molar-refractivity contribution >= 4 is 191 Å². The van der Waals surface area contributed by atoms with Crippen LogP contribution in [0.5, 0.6) is 0 Å². The Balaban J connectivity index is 0. The monoisotopic (exact) mass is 927 g/mol. The standard InChI is InChI=1S/C11H15B4N2.C10H13B4N2O.C10H13B4N2.C8H11B4N2.C3H6O.C2H4O/c1-7(2)16-17-11-6-8(3)10(5-9(11)4)15(13)14-12;1-6-5-10(16-15-8(3)17)7(2)4-9(6)14(12)13-11;1-4-15-16-10-6-7(2)9(5-8(10)3)14(12)13-11;1-5-4-8(14-13)6(2)3-7(5)12(10)11-9;1-3(2)4;1-2-3/h5-6,17H,1-4H3;4-5,16H,1-3H3,(H,15,17);4-6,16H,1-3H3;3-4,14H,13H2,1-2H3;1-2H3;2H,1H3.